The van der Waals surface area contributed by atoms with Gasteiger partial charge in [0.1, 0.15) is 0 Å². The van der Waals surface area contributed by atoms with Crippen LogP contribution < -0.4 is 0 Å². The zero-order valence-corrected chi connectivity index (χ0v) is 10.0. The number of carboxylic acids is 1. The molecule has 0 amide bonds. The van der Waals surface area contributed by atoms with Gasteiger partial charge < -0.3 is 5.11 Å². The zero-order valence-electron chi connectivity index (χ0n) is 10.0. The predicted molar refractivity (Wildman–Crippen MR) is 66.2 cm³/mol. The topological polar surface area (TPSA) is 37.3 Å². The Morgan fingerprint density at radius 1 is 1.06 bits per heavy atom. The van der Waals surface area contributed by atoms with Crippen molar-refractivity contribution in [1.29, 1.82) is 0 Å². The Labute approximate surface area is 102 Å². The number of fused-ring (bicyclic) bond motifs is 3. The fraction of sp³-hybridized carbons (Fsp3) is 0.533. The van der Waals surface area contributed by atoms with Crippen LogP contribution in [0.15, 0.2) is 12.1 Å². The fourth-order valence-electron chi connectivity index (χ4n) is 3.35. The van der Waals surface area contributed by atoms with Gasteiger partial charge in [-0.15, -0.1) is 0 Å². The van der Waals surface area contributed by atoms with Crippen molar-refractivity contribution < 1.29 is 9.90 Å². The van der Waals surface area contributed by atoms with E-state index < -0.39 is 5.97 Å². The summed E-state index contributed by atoms with van der Waals surface area (Å²) >= 11 is 0. The third-order valence-electron chi connectivity index (χ3n) is 4.31. The number of carboxylic acid groups (broad SMARTS) is 1. The van der Waals surface area contributed by atoms with E-state index in [1.807, 2.05) is 0 Å². The molecule has 3 rings (SSSR count). The largest absolute Gasteiger partial charge is 0.481 e. The van der Waals surface area contributed by atoms with E-state index in [0.717, 1.165) is 19.3 Å². The highest BCUT2D eigenvalue weighted by molar-refractivity contribution is 5.71. The second-order valence-electron chi connectivity index (χ2n) is 5.33. The number of aliphatic carboxylic acids is 1. The Hall–Kier alpha value is -1.31. The first-order valence-electron chi connectivity index (χ1n) is 6.61. The van der Waals surface area contributed by atoms with Crippen molar-refractivity contribution >= 4 is 5.97 Å². The van der Waals surface area contributed by atoms with Crippen LogP contribution in [0.3, 0.4) is 0 Å². The lowest BCUT2D eigenvalue weighted by molar-refractivity contribution is -0.142. The highest BCUT2D eigenvalue weighted by atomic mass is 16.4. The van der Waals surface area contributed by atoms with Crippen molar-refractivity contribution in [2.24, 2.45) is 5.92 Å². The maximum Gasteiger partial charge on any atom is 0.306 e. The monoisotopic (exact) mass is 230 g/mol. The fourth-order valence-corrected chi connectivity index (χ4v) is 3.35. The van der Waals surface area contributed by atoms with E-state index in [9.17, 15) is 4.79 Å². The van der Waals surface area contributed by atoms with Crippen LogP contribution in [0.25, 0.3) is 0 Å². The number of benzene rings is 1. The van der Waals surface area contributed by atoms with Crippen molar-refractivity contribution in [3.63, 3.8) is 0 Å². The smallest absolute Gasteiger partial charge is 0.306 e. The molecular formula is C15H18O2. The molecule has 0 radical (unpaired) electrons. The molecule has 2 nitrogen and oxygen atoms in total. The van der Waals surface area contributed by atoms with Crippen LogP contribution in [-0.4, -0.2) is 11.1 Å². The molecule has 0 aromatic heterocycles. The maximum absolute atomic E-state index is 11.1. The van der Waals surface area contributed by atoms with Gasteiger partial charge in [0.2, 0.25) is 0 Å². The van der Waals surface area contributed by atoms with Crippen LogP contribution in [0.1, 0.15) is 41.5 Å². The summed E-state index contributed by atoms with van der Waals surface area (Å²) in [6.45, 7) is 0. The molecular weight excluding hydrogens is 212 g/mol. The van der Waals surface area contributed by atoms with Gasteiger partial charge in [0.05, 0.1) is 5.92 Å². The van der Waals surface area contributed by atoms with Crippen LogP contribution >= 0.6 is 0 Å². The second-order valence-corrected chi connectivity index (χ2v) is 5.33. The van der Waals surface area contributed by atoms with Gasteiger partial charge in [0.15, 0.2) is 0 Å². The van der Waals surface area contributed by atoms with Crippen LogP contribution in [0.5, 0.6) is 0 Å². The van der Waals surface area contributed by atoms with E-state index >= 15 is 0 Å². The molecule has 0 bridgehead atoms. The molecule has 17 heavy (non-hydrogen) atoms. The predicted octanol–water partition coefficient (Wildman–Crippen LogP) is 2.75. The lowest BCUT2D eigenvalue weighted by Gasteiger charge is -2.27. The van der Waals surface area contributed by atoms with Crippen LogP contribution in [0, 0.1) is 5.92 Å². The summed E-state index contributed by atoms with van der Waals surface area (Å²) in [6.07, 6.45) is 7.54. The zero-order chi connectivity index (χ0) is 11.8. The Morgan fingerprint density at radius 2 is 1.76 bits per heavy atom. The van der Waals surface area contributed by atoms with Crippen LogP contribution in [-0.2, 0) is 30.5 Å². The average Bonchev–Trinajstić information content (AvgIpc) is 2.38. The highest BCUT2D eigenvalue weighted by Gasteiger charge is 2.27. The lowest BCUT2D eigenvalue weighted by atomic mass is 9.77. The molecule has 1 N–H and O–H groups in total. The normalized spacial score (nSPS) is 22.7. The summed E-state index contributed by atoms with van der Waals surface area (Å²) in [5.41, 5.74) is 5.85. The van der Waals surface area contributed by atoms with Gasteiger partial charge in [-0.2, -0.15) is 0 Å². The highest BCUT2D eigenvalue weighted by Crippen LogP contribution is 2.33. The van der Waals surface area contributed by atoms with E-state index in [0.29, 0.717) is 0 Å². The molecule has 2 heteroatoms. The van der Waals surface area contributed by atoms with Crippen molar-refractivity contribution in [2.75, 3.05) is 0 Å². The molecule has 1 unspecified atom stereocenters. The first kappa shape index (κ1) is 10.8. The first-order valence-corrected chi connectivity index (χ1v) is 6.61. The van der Waals surface area contributed by atoms with E-state index in [1.165, 1.54) is 42.4 Å². The number of rotatable bonds is 1. The molecule has 0 fully saturated rings. The molecule has 1 atom stereocenters. The Balaban J connectivity index is 1.97. The van der Waals surface area contributed by atoms with Gasteiger partial charge in [-0.1, -0.05) is 12.1 Å². The number of carbonyl (C=O) groups is 1. The molecule has 0 saturated carbocycles. The minimum Gasteiger partial charge on any atom is -0.481 e. The third-order valence-corrected chi connectivity index (χ3v) is 4.31. The van der Waals surface area contributed by atoms with Gasteiger partial charge in [-0.05, 0) is 67.2 Å². The van der Waals surface area contributed by atoms with Gasteiger partial charge in [-0.3, -0.25) is 4.79 Å². The van der Waals surface area contributed by atoms with Gasteiger partial charge in [-0.25, -0.2) is 0 Å². The van der Waals surface area contributed by atoms with E-state index in [-0.39, 0.29) is 5.92 Å². The summed E-state index contributed by atoms with van der Waals surface area (Å²) in [6, 6.07) is 4.41. The molecule has 0 spiro atoms. The molecule has 2 aliphatic carbocycles. The van der Waals surface area contributed by atoms with Gasteiger partial charge in [0.25, 0.3) is 0 Å². The summed E-state index contributed by atoms with van der Waals surface area (Å²) in [5.74, 6) is -0.794. The van der Waals surface area contributed by atoms with E-state index in [1.54, 1.807) is 5.56 Å². The summed E-state index contributed by atoms with van der Waals surface area (Å²) in [7, 11) is 0. The molecule has 0 saturated heterocycles. The molecule has 90 valence electrons. The van der Waals surface area contributed by atoms with Crippen LogP contribution in [0.4, 0.5) is 0 Å². The Kier molecular flexibility index (Phi) is 2.65. The Bertz CT molecular complexity index is 462. The first-order chi connectivity index (χ1) is 8.25. The molecule has 0 heterocycles. The maximum atomic E-state index is 11.1. The number of aryl methyl sites for hydroxylation is 1. The average molecular weight is 230 g/mol. The summed E-state index contributed by atoms with van der Waals surface area (Å²) in [4.78, 5) is 11.1. The molecule has 1 aromatic rings. The minimum absolute atomic E-state index is 0.163. The Morgan fingerprint density at radius 3 is 2.59 bits per heavy atom. The van der Waals surface area contributed by atoms with Crippen LogP contribution in [0.2, 0.25) is 0 Å². The molecule has 2 aliphatic rings. The SMILES string of the molecule is O=C(O)C1CCc2c(ccc3c2CCCC3)C1. The standard InChI is InChI=1S/C15H18O2/c16-15(17)12-7-8-14-11(9-12)6-5-10-3-1-2-4-13(10)14/h5-6,12H,1-4,7-9H2,(H,16,17). The van der Waals surface area contributed by atoms with Crippen molar-refractivity contribution in [1.82, 2.24) is 0 Å². The third kappa shape index (κ3) is 1.86. The van der Waals surface area contributed by atoms with E-state index in [2.05, 4.69) is 12.1 Å². The van der Waals surface area contributed by atoms with Gasteiger partial charge >= 0.3 is 5.97 Å². The van der Waals surface area contributed by atoms with Gasteiger partial charge in [0, 0.05) is 0 Å². The lowest BCUT2D eigenvalue weighted by Crippen LogP contribution is -2.24. The van der Waals surface area contributed by atoms with Crippen molar-refractivity contribution in [2.45, 2.75) is 44.9 Å². The van der Waals surface area contributed by atoms with Crippen molar-refractivity contribution in [3.05, 3.63) is 34.4 Å². The van der Waals surface area contributed by atoms with Crippen molar-refractivity contribution in [3.8, 4) is 0 Å². The summed E-state index contributed by atoms with van der Waals surface area (Å²) < 4.78 is 0. The quantitative estimate of drug-likeness (QED) is 0.805. The summed E-state index contributed by atoms with van der Waals surface area (Å²) in [5, 5.41) is 9.10. The number of hydrogen-bond acceptors (Lipinski definition) is 1. The number of hydrogen-bond donors (Lipinski definition) is 1. The minimum atomic E-state index is -0.631. The molecule has 0 aliphatic heterocycles. The second kappa shape index (κ2) is 4.17. The molecule has 1 aromatic carbocycles. The van der Waals surface area contributed by atoms with E-state index in [4.69, 9.17) is 5.11 Å².